The van der Waals surface area contributed by atoms with Gasteiger partial charge in [-0.2, -0.15) is 5.26 Å². The first-order valence-electron chi connectivity index (χ1n) is 9.19. The van der Waals surface area contributed by atoms with Crippen LogP contribution in [-0.4, -0.2) is 52.8 Å². The molecule has 0 aliphatic carbocycles. The van der Waals surface area contributed by atoms with E-state index in [1.165, 1.54) is 10.9 Å². The van der Waals surface area contributed by atoms with Gasteiger partial charge in [-0.05, 0) is 56.9 Å². The minimum absolute atomic E-state index is 0.179. The Labute approximate surface area is 168 Å². The highest BCUT2D eigenvalue weighted by Crippen LogP contribution is 2.17. The van der Waals surface area contributed by atoms with Crippen LogP contribution in [0.4, 0.5) is 0 Å². The molecule has 3 aromatic rings. The van der Waals surface area contributed by atoms with Gasteiger partial charge in [-0.1, -0.05) is 12.1 Å². The molecule has 8 nitrogen and oxygen atoms in total. The molecule has 2 N–H and O–H groups in total. The first-order chi connectivity index (χ1) is 14.0. The average Bonchev–Trinajstić information content (AvgIpc) is 3.12. The van der Waals surface area contributed by atoms with Crippen molar-refractivity contribution in [2.45, 2.75) is 6.42 Å². The minimum atomic E-state index is -0.265. The summed E-state index contributed by atoms with van der Waals surface area (Å²) in [5.74, 6) is 0.313. The van der Waals surface area contributed by atoms with Crippen LogP contribution in [-0.2, 0) is 0 Å². The van der Waals surface area contributed by atoms with E-state index in [1.807, 2.05) is 14.1 Å². The number of carbonyl (C=O) groups excluding carboxylic acids is 1. The minimum Gasteiger partial charge on any atom is -0.352 e. The van der Waals surface area contributed by atoms with E-state index in [1.54, 1.807) is 42.6 Å². The Hall–Kier alpha value is -3.70. The van der Waals surface area contributed by atoms with Crippen molar-refractivity contribution in [2.75, 3.05) is 27.2 Å². The number of aromatic amines is 1. The van der Waals surface area contributed by atoms with Gasteiger partial charge in [-0.3, -0.25) is 14.7 Å². The highest BCUT2D eigenvalue weighted by Gasteiger charge is 2.10. The second-order valence-electron chi connectivity index (χ2n) is 6.86. The highest BCUT2D eigenvalue weighted by molar-refractivity contribution is 5.93. The van der Waals surface area contributed by atoms with E-state index in [9.17, 15) is 9.59 Å². The van der Waals surface area contributed by atoms with E-state index in [4.69, 9.17) is 5.26 Å². The fourth-order valence-corrected chi connectivity index (χ4v) is 2.81. The maximum atomic E-state index is 12.3. The Bertz CT molecular complexity index is 1070. The lowest BCUT2D eigenvalue weighted by molar-refractivity contribution is 0.0952. The van der Waals surface area contributed by atoms with Gasteiger partial charge in [-0.15, -0.1) is 0 Å². The molecule has 0 spiro atoms. The van der Waals surface area contributed by atoms with Gasteiger partial charge in [0.25, 0.3) is 11.5 Å². The standard InChI is InChI=1S/C21H22N6O2/c1-26(2)11-3-10-23-20(28)17-8-9-19(24-13-17)27-14-18(21(29)25-27)16-6-4-15(12-22)5-7-16/h4-9,13-14H,3,10-11H2,1-2H3,(H,23,28)(H,25,29). The van der Waals surface area contributed by atoms with Crippen molar-refractivity contribution in [3.63, 3.8) is 0 Å². The summed E-state index contributed by atoms with van der Waals surface area (Å²) in [6.45, 7) is 1.50. The Morgan fingerprint density at radius 3 is 2.62 bits per heavy atom. The summed E-state index contributed by atoms with van der Waals surface area (Å²) < 4.78 is 1.51. The summed E-state index contributed by atoms with van der Waals surface area (Å²) in [5, 5.41) is 14.5. The summed E-state index contributed by atoms with van der Waals surface area (Å²) in [7, 11) is 3.98. The van der Waals surface area contributed by atoms with Crippen LogP contribution in [0.15, 0.2) is 53.6 Å². The van der Waals surface area contributed by atoms with Crippen molar-refractivity contribution >= 4 is 5.91 Å². The molecule has 2 aromatic heterocycles. The molecule has 0 saturated carbocycles. The van der Waals surface area contributed by atoms with Crippen LogP contribution < -0.4 is 10.9 Å². The van der Waals surface area contributed by atoms with Crippen molar-refractivity contribution in [1.82, 2.24) is 25.0 Å². The molecule has 0 radical (unpaired) electrons. The van der Waals surface area contributed by atoms with Gasteiger partial charge < -0.3 is 10.2 Å². The number of pyridine rings is 1. The van der Waals surface area contributed by atoms with Crippen molar-refractivity contribution in [3.8, 4) is 23.0 Å². The van der Waals surface area contributed by atoms with E-state index in [2.05, 4.69) is 26.4 Å². The second kappa shape index (κ2) is 8.99. The lowest BCUT2D eigenvalue weighted by Crippen LogP contribution is -2.27. The maximum Gasteiger partial charge on any atom is 0.272 e. The van der Waals surface area contributed by atoms with Crippen LogP contribution in [0.1, 0.15) is 22.3 Å². The predicted octanol–water partition coefficient (Wildman–Crippen LogP) is 1.78. The monoisotopic (exact) mass is 390 g/mol. The topological polar surface area (TPSA) is 107 Å². The Morgan fingerprint density at radius 1 is 1.24 bits per heavy atom. The number of hydrogen-bond donors (Lipinski definition) is 2. The van der Waals surface area contributed by atoms with Gasteiger partial charge in [0.1, 0.15) is 0 Å². The third-order valence-corrected chi connectivity index (χ3v) is 4.37. The van der Waals surface area contributed by atoms with Crippen LogP contribution >= 0.6 is 0 Å². The first kappa shape index (κ1) is 20.0. The van der Waals surface area contributed by atoms with E-state index >= 15 is 0 Å². The number of nitrogens with one attached hydrogen (secondary N) is 2. The molecule has 0 aliphatic heterocycles. The summed E-state index contributed by atoms with van der Waals surface area (Å²) in [4.78, 5) is 30.8. The molecule has 1 amide bonds. The zero-order valence-corrected chi connectivity index (χ0v) is 16.3. The quantitative estimate of drug-likeness (QED) is 0.598. The molecule has 0 fully saturated rings. The first-order valence-corrected chi connectivity index (χ1v) is 9.19. The lowest BCUT2D eigenvalue weighted by Gasteiger charge is -2.10. The van der Waals surface area contributed by atoms with E-state index in [0.29, 0.717) is 34.6 Å². The molecular formula is C21H22N6O2. The van der Waals surface area contributed by atoms with Crippen molar-refractivity contribution in [3.05, 3.63) is 70.3 Å². The van der Waals surface area contributed by atoms with E-state index in [0.717, 1.165) is 13.0 Å². The van der Waals surface area contributed by atoms with Crippen LogP contribution in [0.5, 0.6) is 0 Å². The van der Waals surface area contributed by atoms with Crippen LogP contribution in [0.2, 0.25) is 0 Å². The Kier molecular flexibility index (Phi) is 6.22. The normalized spacial score (nSPS) is 10.7. The fraction of sp³-hybridized carbons (Fsp3) is 0.238. The van der Waals surface area contributed by atoms with Crippen molar-refractivity contribution in [1.29, 1.82) is 5.26 Å². The molecule has 148 valence electrons. The SMILES string of the molecule is CN(C)CCCNC(=O)c1ccc(-n2cc(-c3ccc(C#N)cc3)c(=O)[nH]2)nc1. The van der Waals surface area contributed by atoms with E-state index < -0.39 is 0 Å². The molecule has 0 aliphatic rings. The van der Waals surface area contributed by atoms with Gasteiger partial charge in [0.2, 0.25) is 0 Å². The molecule has 3 rings (SSSR count). The predicted molar refractivity (Wildman–Crippen MR) is 110 cm³/mol. The Balaban J connectivity index is 1.71. The van der Waals surface area contributed by atoms with Crippen LogP contribution in [0, 0.1) is 11.3 Å². The largest absolute Gasteiger partial charge is 0.352 e. The van der Waals surface area contributed by atoms with Crippen molar-refractivity contribution in [2.24, 2.45) is 0 Å². The van der Waals surface area contributed by atoms with E-state index in [-0.39, 0.29) is 11.5 Å². The number of H-pyrrole nitrogens is 1. The number of hydrogen-bond acceptors (Lipinski definition) is 5. The van der Waals surface area contributed by atoms with Gasteiger partial charge in [0, 0.05) is 18.9 Å². The number of amides is 1. The molecule has 0 saturated heterocycles. The molecule has 0 bridgehead atoms. The molecule has 1 aromatic carbocycles. The summed E-state index contributed by atoms with van der Waals surface area (Å²) in [6, 6.07) is 12.2. The molecule has 8 heteroatoms. The Morgan fingerprint density at radius 2 is 2.00 bits per heavy atom. The number of benzene rings is 1. The zero-order valence-electron chi connectivity index (χ0n) is 16.3. The average molecular weight is 390 g/mol. The smallest absolute Gasteiger partial charge is 0.272 e. The van der Waals surface area contributed by atoms with Crippen molar-refractivity contribution < 1.29 is 4.79 Å². The number of aromatic nitrogens is 3. The van der Waals surface area contributed by atoms with Gasteiger partial charge in [0.05, 0.1) is 22.8 Å². The molecule has 0 atom stereocenters. The third-order valence-electron chi connectivity index (χ3n) is 4.37. The third kappa shape index (κ3) is 4.97. The number of nitriles is 1. The number of nitrogens with zero attached hydrogens (tertiary/aromatic N) is 4. The van der Waals surface area contributed by atoms with Crippen LogP contribution in [0.3, 0.4) is 0 Å². The number of carbonyl (C=O) groups is 1. The highest BCUT2D eigenvalue weighted by atomic mass is 16.1. The van der Waals surface area contributed by atoms with Gasteiger partial charge in [0.15, 0.2) is 5.82 Å². The molecule has 2 heterocycles. The van der Waals surface area contributed by atoms with Gasteiger partial charge in [-0.25, -0.2) is 9.67 Å². The van der Waals surface area contributed by atoms with Gasteiger partial charge >= 0.3 is 0 Å². The summed E-state index contributed by atoms with van der Waals surface area (Å²) in [6.07, 6.45) is 4.00. The number of rotatable bonds is 7. The summed E-state index contributed by atoms with van der Waals surface area (Å²) >= 11 is 0. The van der Waals surface area contributed by atoms with Crippen LogP contribution in [0.25, 0.3) is 16.9 Å². The second-order valence-corrected chi connectivity index (χ2v) is 6.86. The molecule has 0 unspecified atom stereocenters. The zero-order chi connectivity index (χ0) is 20.8. The summed E-state index contributed by atoms with van der Waals surface area (Å²) in [5.41, 5.74) is 1.90. The fourth-order valence-electron chi connectivity index (χ4n) is 2.81. The molecule has 29 heavy (non-hydrogen) atoms. The lowest BCUT2D eigenvalue weighted by atomic mass is 10.1. The molecular weight excluding hydrogens is 368 g/mol. The maximum absolute atomic E-state index is 12.3.